The van der Waals surface area contributed by atoms with Gasteiger partial charge in [0.05, 0.1) is 4.90 Å². The van der Waals surface area contributed by atoms with E-state index < -0.39 is 10.0 Å². The summed E-state index contributed by atoms with van der Waals surface area (Å²) < 4.78 is 23.4. The molecule has 0 bridgehead atoms. The van der Waals surface area contributed by atoms with Gasteiger partial charge in [-0.2, -0.15) is 0 Å². The summed E-state index contributed by atoms with van der Waals surface area (Å²) in [5, 5.41) is 5.29. The molecule has 0 aliphatic carbocycles. The number of primary sulfonamides is 1. The van der Waals surface area contributed by atoms with Crippen LogP contribution < -0.4 is 15.8 Å². The van der Waals surface area contributed by atoms with Gasteiger partial charge in [-0.1, -0.05) is 6.92 Å². The van der Waals surface area contributed by atoms with Crippen LogP contribution in [-0.2, 0) is 10.0 Å². The number of sulfonamides is 1. The van der Waals surface area contributed by atoms with Crippen molar-refractivity contribution in [3.8, 4) is 0 Å². The molecule has 1 aliphatic rings. The second-order valence-electron chi connectivity index (χ2n) is 5.46. The van der Waals surface area contributed by atoms with Gasteiger partial charge in [0.25, 0.3) is 0 Å². The Bertz CT molecular complexity index is 599. The van der Waals surface area contributed by atoms with Crippen molar-refractivity contribution in [2.45, 2.75) is 50.5 Å². The summed E-state index contributed by atoms with van der Waals surface area (Å²) in [7, 11) is -3.75. The second-order valence-corrected chi connectivity index (χ2v) is 6.99. The minimum atomic E-state index is -3.75. The number of nitrogens with zero attached hydrogens (tertiary/aromatic N) is 1. The average molecular weight is 297 g/mol. The van der Waals surface area contributed by atoms with Crippen molar-refractivity contribution in [2.24, 2.45) is 5.14 Å². The van der Waals surface area contributed by atoms with Gasteiger partial charge in [0.1, 0.15) is 0 Å². The largest absolute Gasteiger partial charge is 0.399 e. The summed E-state index contributed by atoms with van der Waals surface area (Å²) in [4.78, 5) is 2.41. The third-order valence-electron chi connectivity index (χ3n) is 4.07. The maximum absolute atomic E-state index is 11.7. The third kappa shape index (κ3) is 2.91. The first-order valence-corrected chi connectivity index (χ1v) is 8.58. The molecule has 0 saturated carbocycles. The highest BCUT2D eigenvalue weighted by Crippen LogP contribution is 2.33. The van der Waals surface area contributed by atoms with Crippen LogP contribution in [0, 0.1) is 6.92 Å². The third-order valence-corrected chi connectivity index (χ3v) is 5.11. The van der Waals surface area contributed by atoms with Gasteiger partial charge in [-0.3, -0.25) is 0 Å². The van der Waals surface area contributed by atoms with Crippen LogP contribution in [0.3, 0.4) is 0 Å². The zero-order valence-corrected chi connectivity index (χ0v) is 12.9. The Labute approximate surface area is 121 Å². The number of nitrogen functional groups attached to an aromatic ring is 1. The first-order chi connectivity index (χ1) is 9.34. The Morgan fingerprint density at radius 2 is 2.05 bits per heavy atom. The molecule has 6 heteroatoms. The zero-order chi connectivity index (χ0) is 14.9. The van der Waals surface area contributed by atoms with E-state index in [1.807, 2.05) is 6.07 Å². The molecule has 2 rings (SSSR count). The Morgan fingerprint density at radius 3 is 2.65 bits per heavy atom. The molecule has 0 radical (unpaired) electrons. The van der Waals surface area contributed by atoms with Crippen LogP contribution in [0.25, 0.3) is 0 Å². The fourth-order valence-electron chi connectivity index (χ4n) is 3.03. The normalized spacial score (nSPS) is 20.1. The van der Waals surface area contributed by atoms with Crippen LogP contribution in [0.4, 0.5) is 11.4 Å². The molecule has 1 aromatic carbocycles. The van der Waals surface area contributed by atoms with Crippen molar-refractivity contribution < 1.29 is 8.42 Å². The SMILES string of the molecule is CCC1CCCCN1c1cc(N)cc(S(N)(=O)=O)c1C. The Hall–Kier alpha value is -1.27. The summed E-state index contributed by atoms with van der Waals surface area (Å²) in [6.45, 7) is 4.90. The van der Waals surface area contributed by atoms with E-state index >= 15 is 0 Å². The highest BCUT2D eigenvalue weighted by Gasteiger charge is 2.25. The fourth-order valence-corrected chi connectivity index (χ4v) is 3.86. The van der Waals surface area contributed by atoms with Crippen LogP contribution >= 0.6 is 0 Å². The average Bonchev–Trinajstić information content (AvgIpc) is 2.39. The Balaban J connectivity index is 2.53. The molecule has 0 spiro atoms. The van der Waals surface area contributed by atoms with Crippen molar-refractivity contribution >= 4 is 21.4 Å². The van der Waals surface area contributed by atoms with Crippen LogP contribution in [-0.4, -0.2) is 21.0 Å². The van der Waals surface area contributed by atoms with Crippen molar-refractivity contribution in [3.63, 3.8) is 0 Å². The molecule has 1 fully saturated rings. The van der Waals surface area contributed by atoms with Crippen LogP contribution in [0.15, 0.2) is 17.0 Å². The number of benzene rings is 1. The lowest BCUT2D eigenvalue weighted by Crippen LogP contribution is -2.39. The van der Waals surface area contributed by atoms with Gasteiger partial charge in [0.15, 0.2) is 0 Å². The van der Waals surface area contributed by atoms with Gasteiger partial charge in [0, 0.05) is 24.0 Å². The quantitative estimate of drug-likeness (QED) is 0.835. The molecular weight excluding hydrogens is 274 g/mol. The number of rotatable bonds is 3. The molecule has 0 aromatic heterocycles. The smallest absolute Gasteiger partial charge is 0.238 e. The summed E-state index contributed by atoms with van der Waals surface area (Å²) in [6, 6.07) is 3.74. The van der Waals surface area contributed by atoms with Crippen molar-refractivity contribution in [1.29, 1.82) is 0 Å². The second kappa shape index (κ2) is 5.61. The topological polar surface area (TPSA) is 89.4 Å². The zero-order valence-electron chi connectivity index (χ0n) is 12.1. The number of hydrogen-bond acceptors (Lipinski definition) is 4. The van der Waals surface area contributed by atoms with Gasteiger partial charge in [0.2, 0.25) is 10.0 Å². The molecule has 1 atom stereocenters. The molecule has 1 heterocycles. The van der Waals surface area contributed by atoms with Gasteiger partial charge in [-0.15, -0.1) is 0 Å². The predicted molar refractivity (Wildman–Crippen MR) is 82.2 cm³/mol. The lowest BCUT2D eigenvalue weighted by Gasteiger charge is -2.38. The van der Waals surface area contributed by atoms with E-state index in [9.17, 15) is 8.42 Å². The molecule has 1 aromatic rings. The van der Waals surface area contributed by atoms with Gasteiger partial charge in [-0.05, 0) is 50.3 Å². The van der Waals surface area contributed by atoms with E-state index in [-0.39, 0.29) is 4.90 Å². The van der Waals surface area contributed by atoms with E-state index in [1.165, 1.54) is 12.5 Å². The summed E-state index contributed by atoms with van der Waals surface area (Å²) in [6.07, 6.45) is 4.52. The lowest BCUT2D eigenvalue weighted by atomic mass is 9.98. The van der Waals surface area contributed by atoms with E-state index in [0.717, 1.165) is 31.5 Å². The molecule has 0 amide bonds. The number of anilines is 2. The highest BCUT2D eigenvalue weighted by molar-refractivity contribution is 7.89. The van der Waals surface area contributed by atoms with Gasteiger partial charge in [-0.25, -0.2) is 13.6 Å². The standard InChI is InChI=1S/C14H23N3O2S/c1-3-12-6-4-5-7-17(12)13-8-11(15)9-14(10(13)2)20(16,18)19/h8-9,12H,3-7,15H2,1-2H3,(H2,16,18,19). The summed E-state index contributed by atoms with van der Waals surface area (Å²) in [5.74, 6) is 0. The maximum atomic E-state index is 11.7. The minimum Gasteiger partial charge on any atom is -0.399 e. The Morgan fingerprint density at radius 1 is 1.35 bits per heavy atom. The van der Waals surface area contributed by atoms with Crippen molar-refractivity contribution in [2.75, 3.05) is 17.2 Å². The Kier molecular flexibility index (Phi) is 4.25. The molecule has 1 aliphatic heterocycles. The molecular formula is C14H23N3O2S. The number of piperidine rings is 1. The van der Waals surface area contributed by atoms with E-state index in [0.29, 0.717) is 17.3 Å². The lowest BCUT2D eigenvalue weighted by molar-refractivity contribution is 0.449. The first-order valence-electron chi connectivity index (χ1n) is 7.04. The minimum absolute atomic E-state index is 0.132. The molecule has 1 unspecified atom stereocenters. The summed E-state index contributed by atoms with van der Waals surface area (Å²) in [5.41, 5.74) is 7.91. The van der Waals surface area contributed by atoms with Crippen LogP contribution in [0.2, 0.25) is 0 Å². The maximum Gasteiger partial charge on any atom is 0.238 e. The monoisotopic (exact) mass is 297 g/mol. The van der Waals surface area contributed by atoms with Crippen LogP contribution in [0.5, 0.6) is 0 Å². The van der Waals surface area contributed by atoms with Gasteiger partial charge < -0.3 is 10.6 Å². The van der Waals surface area contributed by atoms with Crippen molar-refractivity contribution in [3.05, 3.63) is 17.7 Å². The van der Waals surface area contributed by atoms with E-state index in [1.54, 1.807) is 6.92 Å². The molecule has 1 saturated heterocycles. The van der Waals surface area contributed by atoms with E-state index in [4.69, 9.17) is 10.9 Å². The molecule has 5 nitrogen and oxygen atoms in total. The first kappa shape index (κ1) is 15.1. The molecule has 4 N–H and O–H groups in total. The van der Waals surface area contributed by atoms with E-state index in [2.05, 4.69) is 11.8 Å². The number of nitrogens with two attached hydrogens (primary N) is 2. The van der Waals surface area contributed by atoms with Gasteiger partial charge >= 0.3 is 0 Å². The predicted octanol–water partition coefficient (Wildman–Crippen LogP) is 1.99. The molecule has 20 heavy (non-hydrogen) atoms. The fraction of sp³-hybridized carbons (Fsp3) is 0.571. The summed E-state index contributed by atoms with van der Waals surface area (Å²) >= 11 is 0. The molecule has 112 valence electrons. The van der Waals surface area contributed by atoms with Crippen LogP contribution in [0.1, 0.15) is 38.2 Å². The van der Waals surface area contributed by atoms with Crippen molar-refractivity contribution in [1.82, 2.24) is 0 Å². The number of hydrogen-bond donors (Lipinski definition) is 2. The highest BCUT2D eigenvalue weighted by atomic mass is 32.2.